The number of ether oxygens (including phenoxy) is 2. The largest absolute Gasteiger partial charge is 0.480 e. The highest BCUT2D eigenvalue weighted by Crippen LogP contribution is 2.07. The lowest BCUT2D eigenvalue weighted by atomic mass is 9.91. The molecular weight excluding hydrogens is 253 g/mol. The van der Waals surface area contributed by atoms with Crippen molar-refractivity contribution in [3.8, 4) is 0 Å². The molecule has 7 nitrogen and oxygen atoms in total. The fraction of sp³-hybridized carbons (Fsp3) is 0.636. The molecule has 0 aliphatic carbocycles. The predicted octanol–water partition coefficient (Wildman–Crippen LogP) is 0.0110. The summed E-state index contributed by atoms with van der Waals surface area (Å²) in [7, 11) is -0.420. The van der Waals surface area contributed by atoms with Crippen LogP contribution in [-0.4, -0.2) is 48.0 Å². The van der Waals surface area contributed by atoms with Gasteiger partial charge in [-0.15, -0.1) is 0 Å². The van der Waals surface area contributed by atoms with Crippen molar-refractivity contribution in [2.45, 2.75) is 38.8 Å². The monoisotopic (exact) mass is 273 g/mol. The van der Waals surface area contributed by atoms with Gasteiger partial charge in [-0.25, -0.2) is 9.59 Å². The average molecular weight is 273 g/mol. The third kappa shape index (κ3) is 9.09. The van der Waals surface area contributed by atoms with Crippen molar-refractivity contribution in [2.75, 3.05) is 7.11 Å². The van der Waals surface area contributed by atoms with Crippen molar-refractivity contribution in [2.24, 2.45) is 0 Å². The van der Waals surface area contributed by atoms with Crippen LogP contribution in [0.5, 0.6) is 0 Å². The van der Waals surface area contributed by atoms with Crippen LogP contribution >= 0.6 is 0 Å². The number of amides is 1. The van der Waals surface area contributed by atoms with Gasteiger partial charge in [-0.2, -0.15) is 0 Å². The van der Waals surface area contributed by atoms with Gasteiger partial charge in [-0.05, 0) is 27.2 Å². The van der Waals surface area contributed by atoms with Gasteiger partial charge in [0, 0.05) is 0 Å². The first kappa shape index (κ1) is 17.5. The molecular formula is C11H20BNO6. The van der Waals surface area contributed by atoms with E-state index in [0.717, 1.165) is 5.98 Å². The Balaban J connectivity index is 4.52. The molecule has 0 saturated carbocycles. The molecule has 0 fully saturated rings. The van der Waals surface area contributed by atoms with Gasteiger partial charge in [-0.1, -0.05) is 12.1 Å². The second kappa shape index (κ2) is 7.80. The van der Waals surface area contributed by atoms with Gasteiger partial charge in [0.2, 0.25) is 0 Å². The first-order valence-electron chi connectivity index (χ1n) is 5.76. The van der Waals surface area contributed by atoms with Gasteiger partial charge >= 0.3 is 19.2 Å². The molecule has 108 valence electrons. The lowest BCUT2D eigenvalue weighted by Crippen LogP contribution is -2.43. The van der Waals surface area contributed by atoms with E-state index in [1.165, 1.54) is 13.2 Å². The molecule has 0 radical (unpaired) electrons. The van der Waals surface area contributed by atoms with Gasteiger partial charge in [0.25, 0.3) is 0 Å². The van der Waals surface area contributed by atoms with Crippen molar-refractivity contribution in [1.29, 1.82) is 0 Å². The zero-order valence-electron chi connectivity index (χ0n) is 11.5. The van der Waals surface area contributed by atoms with E-state index < -0.39 is 30.8 Å². The van der Waals surface area contributed by atoms with Crippen LogP contribution in [-0.2, 0) is 14.3 Å². The van der Waals surface area contributed by atoms with Crippen LogP contribution in [0.25, 0.3) is 0 Å². The highest BCUT2D eigenvalue weighted by Gasteiger charge is 2.24. The predicted molar refractivity (Wildman–Crippen MR) is 69.1 cm³/mol. The van der Waals surface area contributed by atoms with E-state index in [0.29, 0.717) is 0 Å². The molecule has 0 spiro atoms. The number of hydrogen-bond acceptors (Lipinski definition) is 6. The minimum absolute atomic E-state index is 0.0591. The molecule has 19 heavy (non-hydrogen) atoms. The van der Waals surface area contributed by atoms with Crippen molar-refractivity contribution in [1.82, 2.24) is 5.32 Å². The quantitative estimate of drug-likeness (QED) is 0.481. The molecule has 0 aromatic carbocycles. The number of carbonyl (C=O) groups excluding carboxylic acids is 2. The number of esters is 1. The lowest BCUT2D eigenvalue weighted by Gasteiger charge is -2.22. The summed E-state index contributed by atoms with van der Waals surface area (Å²) in [4.78, 5) is 23.0. The maximum absolute atomic E-state index is 11.5. The molecule has 3 N–H and O–H groups in total. The number of rotatable bonds is 5. The summed E-state index contributed by atoms with van der Waals surface area (Å²) >= 11 is 0. The third-order valence-corrected chi connectivity index (χ3v) is 1.86. The highest BCUT2D eigenvalue weighted by atomic mass is 16.6. The lowest BCUT2D eigenvalue weighted by molar-refractivity contribution is -0.143. The molecule has 0 unspecified atom stereocenters. The van der Waals surface area contributed by atoms with Crippen LogP contribution in [0.3, 0.4) is 0 Å². The Morgan fingerprint density at radius 1 is 1.37 bits per heavy atom. The minimum atomic E-state index is -1.61. The zero-order valence-corrected chi connectivity index (χ0v) is 11.5. The minimum Gasteiger partial charge on any atom is -0.467 e. The first-order chi connectivity index (χ1) is 8.65. The molecule has 0 aromatic heterocycles. The smallest absolute Gasteiger partial charge is 0.467 e. The van der Waals surface area contributed by atoms with Crippen molar-refractivity contribution >= 4 is 19.2 Å². The van der Waals surface area contributed by atoms with E-state index in [1.807, 2.05) is 0 Å². The number of carbonyl (C=O) groups is 2. The van der Waals surface area contributed by atoms with Gasteiger partial charge in [0.05, 0.1) is 7.11 Å². The molecule has 0 aliphatic heterocycles. The summed E-state index contributed by atoms with van der Waals surface area (Å²) in [5, 5.41) is 19.6. The number of methoxy groups -OCH3 is 1. The zero-order chi connectivity index (χ0) is 15.1. The number of hydrogen-bond donors (Lipinski definition) is 3. The fourth-order valence-corrected chi connectivity index (χ4v) is 1.14. The molecule has 0 heterocycles. The Bertz CT molecular complexity index is 337. The topological polar surface area (TPSA) is 105 Å². The maximum atomic E-state index is 11.5. The van der Waals surface area contributed by atoms with E-state index in [2.05, 4.69) is 10.1 Å². The summed E-state index contributed by atoms with van der Waals surface area (Å²) in [5.74, 6) is 0.426. The number of alkyl carbamates (subject to hydrolysis) is 1. The molecule has 1 atom stereocenters. The second-order valence-corrected chi connectivity index (χ2v) is 4.80. The van der Waals surface area contributed by atoms with Crippen LogP contribution in [0.4, 0.5) is 4.79 Å². The van der Waals surface area contributed by atoms with Gasteiger partial charge in [0.1, 0.15) is 11.6 Å². The standard InChI is InChI=1S/C11H20BNO6/c1-11(2,3)19-10(15)13-8(9(14)18-4)6-5-7-12(16)17/h5,7-8,16-17H,6H2,1-4H3,(H,13,15)/b7-5+/t8-/m0/s1. The van der Waals surface area contributed by atoms with E-state index in [9.17, 15) is 9.59 Å². The highest BCUT2D eigenvalue weighted by molar-refractivity contribution is 6.47. The molecule has 0 bridgehead atoms. The molecule has 0 aromatic rings. The molecule has 0 saturated heterocycles. The Hall–Kier alpha value is -1.54. The third-order valence-electron chi connectivity index (χ3n) is 1.86. The second-order valence-electron chi connectivity index (χ2n) is 4.80. The van der Waals surface area contributed by atoms with Crippen molar-refractivity contribution in [3.05, 3.63) is 12.1 Å². The SMILES string of the molecule is COC(=O)[C@H](C/C=C/B(O)O)NC(=O)OC(C)(C)C. The average Bonchev–Trinajstić information content (AvgIpc) is 2.23. The molecule has 0 aliphatic rings. The summed E-state index contributed by atoms with van der Waals surface area (Å²) in [6.07, 6.45) is 0.661. The summed E-state index contributed by atoms with van der Waals surface area (Å²) in [5.41, 5.74) is -0.679. The van der Waals surface area contributed by atoms with Crippen LogP contribution in [0.15, 0.2) is 12.1 Å². The van der Waals surface area contributed by atoms with E-state index in [4.69, 9.17) is 14.8 Å². The van der Waals surface area contributed by atoms with Crippen LogP contribution in [0.2, 0.25) is 0 Å². The fourth-order valence-electron chi connectivity index (χ4n) is 1.14. The van der Waals surface area contributed by atoms with Crippen molar-refractivity contribution in [3.63, 3.8) is 0 Å². The maximum Gasteiger partial charge on any atom is 0.480 e. The van der Waals surface area contributed by atoms with E-state index in [1.54, 1.807) is 20.8 Å². The summed E-state index contributed by atoms with van der Waals surface area (Å²) in [6.45, 7) is 5.09. The van der Waals surface area contributed by atoms with Gasteiger partial charge < -0.3 is 24.8 Å². The van der Waals surface area contributed by atoms with Crippen LogP contribution in [0.1, 0.15) is 27.2 Å². The number of nitrogens with one attached hydrogen (secondary N) is 1. The van der Waals surface area contributed by atoms with Crippen molar-refractivity contribution < 1.29 is 29.1 Å². The Morgan fingerprint density at radius 2 is 1.95 bits per heavy atom. The van der Waals surface area contributed by atoms with Crippen LogP contribution in [0, 0.1) is 0 Å². The van der Waals surface area contributed by atoms with Gasteiger partial charge in [-0.3, -0.25) is 0 Å². The normalized spacial score (nSPS) is 12.9. The first-order valence-corrected chi connectivity index (χ1v) is 5.76. The molecule has 1 amide bonds. The molecule has 8 heteroatoms. The summed E-state index contributed by atoms with van der Waals surface area (Å²) in [6, 6.07) is -0.949. The Morgan fingerprint density at radius 3 is 2.37 bits per heavy atom. The summed E-state index contributed by atoms with van der Waals surface area (Å²) < 4.78 is 9.54. The molecule has 0 rings (SSSR count). The Labute approximate surface area is 112 Å². The van der Waals surface area contributed by atoms with E-state index in [-0.39, 0.29) is 6.42 Å². The van der Waals surface area contributed by atoms with Crippen LogP contribution < -0.4 is 5.32 Å². The van der Waals surface area contributed by atoms with E-state index >= 15 is 0 Å². The Kier molecular flexibility index (Phi) is 7.17. The van der Waals surface area contributed by atoms with Gasteiger partial charge in [0.15, 0.2) is 0 Å².